The van der Waals surface area contributed by atoms with Gasteiger partial charge in [-0.05, 0) is 42.3 Å². The molecule has 0 aliphatic rings. The first-order valence-corrected chi connectivity index (χ1v) is 8.64. The van der Waals surface area contributed by atoms with Crippen LogP contribution in [0.5, 0.6) is 0 Å². The highest BCUT2D eigenvalue weighted by molar-refractivity contribution is 9.10. The van der Waals surface area contributed by atoms with Gasteiger partial charge in [-0.3, -0.25) is 4.72 Å². The van der Waals surface area contributed by atoms with Gasteiger partial charge in [0.15, 0.2) is 0 Å². The Kier molecular flexibility index (Phi) is 4.73. The van der Waals surface area contributed by atoms with E-state index in [0.29, 0.717) is 10.7 Å². The summed E-state index contributed by atoms with van der Waals surface area (Å²) >= 11 is 9.29. The summed E-state index contributed by atoms with van der Waals surface area (Å²) in [6.45, 7) is 2.02. The minimum atomic E-state index is -3.62. The van der Waals surface area contributed by atoms with Crippen LogP contribution in [0.4, 0.5) is 5.69 Å². The van der Waals surface area contributed by atoms with Gasteiger partial charge in [-0.2, -0.15) is 0 Å². The maximum atomic E-state index is 12.3. The van der Waals surface area contributed by atoms with Crippen molar-refractivity contribution in [1.29, 1.82) is 0 Å². The van der Waals surface area contributed by atoms with Gasteiger partial charge < -0.3 is 0 Å². The molecule has 1 N–H and O–H groups in total. The average molecular weight is 375 g/mol. The molecule has 0 bridgehead atoms. The third-order valence-corrected chi connectivity index (χ3v) is 5.00. The molecule has 0 saturated heterocycles. The maximum Gasteiger partial charge on any atom is 0.261 e. The molecule has 0 aromatic heterocycles. The molecular weight excluding hydrogens is 362 g/mol. The molecule has 0 radical (unpaired) electrons. The Balaban J connectivity index is 2.30. The van der Waals surface area contributed by atoms with E-state index in [2.05, 4.69) is 20.7 Å². The van der Waals surface area contributed by atoms with Gasteiger partial charge in [0, 0.05) is 4.47 Å². The SMILES string of the molecule is CCc1ccc(S(=O)(=O)Nc2ccc(Br)cc2Cl)cc1. The largest absolute Gasteiger partial charge is 0.278 e. The van der Waals surface area contributed by atoms with Crippen LogP contribution in [-0.2, 0) is 16.4 Å². The Bertz CT molecular complexity index is 714. The van der Waals surface area contributed by atoms with Gasteiger partial charge in [0.05, 0.1) is 15.6 Å². The molecule has 0 fully saturated rings. The van der Waals surface area contributed by atoms with Crippen molar-refractivity contribution in [3.8, 4) is 0 Å². The van der Waals surface area contributed by atoms with Crippen LogP contribution in [0, 0.1) is 0 Å². The molecule has 0 spiro atoms. The first kappa shape index (κ1) is 15.4. The average Bonchev–Trinajstić information content (AvgIpc) is 2.42. The molecule has 0 aliphatic carbocycles. The van der Waals surface area contributed by atoms with Crippen LogP contribution in [-0.4, -0.2) is 8.42 Å². The van der Waals surface area contributed by atoms with Crippen molar-refractivity contribution in [3.63, 3.8) is 0 Å². The quantitative estimate of drug-likeness (QED) is 0.858. The predicted octanol–water partition coefficient (Wildman–Crippen LogP) is 4.47. The highest BCUT2D eigenvalue weighted by atomic mass is 79.9. The Labute approximate surface area is 132 Å². The molecule has 0 atom stereocenters. The summed E-state index contributed by atoms with van der Waals surface area (Å²) in [4.78, 5) is 0.216. The van der Waals surface area contributed by atoms with E-state index in [4.69, 9.17) is 11.6 Å². The Hall–Kier alpha value is -1.04. The normalized spacial score (nSPS) is 11.3. The zero-order chi connectivity index (χ0) is 14.8. The molecule has 20 heavy (non-hydrogen) atoms. The lowest BCUT2D eigenvalue weighted by Crippen LogP contribution is -2.13. The second kappa shape index (κ2) is 6.16. The van der Waals surface area contributed by atoms with Gasteiger partial charge in [0.2, 0.25) is 0 Å². The van der Waals surface area contributed by atoms with Crippen LogP contribution in [0.25, 0.3) is 0 Å². The third kappa shape index (κ3) is 3.53. The van der Waals surface area contributed by atoms with Crippen molar-refractivity contribution in [3.05, 3.63) is 57.5 Å². The number of aryl methyl sites for hydroxylation is 1. The highest BCUT2D eigenvalue weighted by Gasteiger charge is 2.15. The molecule has 3 nitrogen and oxygen atoms in total. The fourth-order valence-corrected chi connectivity index (χ4v) is 3.54. The maximum absolute atomic E-state index is 12.3. The number of rotatable bonds is 4. The summed E-state index contributed by atoms with van der Waals surface area (Å²) in [5.41, 5.74) is 1.44. The lowest BCUT2D eigenvalue weighted by Gasteiger charge is -2.10. The van der Waals surface area contributed by atoms with Gasteiger partial charge in [-0.15, -0.1) is 0 Å². The summed E-state index contributed by atoms with van der Waals surface area (Å²) < 4.78 is 27.8. The summed E-state index contributed by atoms with van der Waals surface area (Å²) in [5, 5.41) is 0.341. The van der Waals surface area contributed by atoms with E-state index in [1.165, 1.54) is 0 Å². The van der Waals surface area contributed by atoms with Gasteiger partial charge in [0.1, 0.15) is 0 Å². The van der Waals surface area contributed by atoms with Gasteiger partial charge in [-0.1, -0.05) is 46.6 Å². The second-order valence-electron chi connectivity index (χ2n) is 4.23. The first-order valence-electron chi connectivity index (χ1n) is 5.99. The van der Waals surface area contributed by atoms with E-state index < -0.39 is 10.0 Å². The monoisotopic (exact) mass is 373 g/mol. The van der Waals surface area contributed by atoms with Crippen molar-refractivity contribution in [2.75, 3.05) is 4.72 Å². The van der Waals surface area contributed by atoms with E-state index >= 15 is 0 Å². The summed E-state index contributed by atoms with van der Waals surface area (Å²) in [6.07, 6.45) is 0.867. The molecule has 2 aromatic carbocycles. The van der Waals surface area contributed by atoms with Crippen molar-refractivity contribution >= 4 is 43.2 Å². The minimum Gasteiger partial charge on any atom is -0.278 e. The standard InChI is InChI=1S/C14H13BrClNO2S/c1-2-10-3-6-12(7-4-10)20(18,19)17-14-8-5-11(15)9-13(14)16/h3-9,17H,2H2,1H3. The van der Waals surface area contributed by atoms with Crippen LogP contribution < -0.4 is 4.72 Å². The molecular formula is C14H13BrClNO2S. The molecule has 0 unspecified atom stereocenters. The van der Waals surface area contributed by atoms with Gasteiger partial charge in [-0.25, -0.2) is 8.42 Å². The van der Waals surface area contributed by atoms with E-state index in [9.17, 15) is 8.42 Å². The van der Waals surface area contributed by atoms with E-state index in [0.717, 1.165) is 16.5 Å². The molecule has 106 valence electrons. The van der Waals surface area contributed by atoms with Crippen molar-refractivity contribution in [1.82, 2.24) is 0 Å². The van der Waals surface area contributed by atoms with E-state index in [1.807, 2.05) is 6.92 Å². The Morgan fingerprint density at radius 2 is 1.80 bits per heavy atom. The van der Waals surface area contributed by atoms with Crippen molar-refractivity contribution < 1.29 is 8.42 Å². The van der Waals surface area contributed by atoms with Crippen LogP contribution >= 0.6 is 27.5 Å². The number of benzene rings is 2. The molecule has 0 amide bonds. The second-order valence-corrected chi connectivity index (χ2v) is 7.23. The Morgan fingerprint density at radius 3 is 2.35 bits per heavy atom. The number of sulfonamides is 1. The van der Waals surface area contributed by atoms with Crippen LogP contribution in [0.2, 0.25) is 5.02 Å². The molecule has 2 aromatic rings. The summed E-state index contributed by atoms with van der Waals surface area (Å²) in [6, 6.07) is 11.8. The number of hydrogen-bond donors (Lipinski definition) is 1. The highest BCUT2D eigenvalue weighted by Crippen LogP contribution is 2.27. The summed E-state index contributed by atoms with van der Waals surface area (Å²) in [5.74, 6) is 0. The lowest BCUT2D eigenvalue weighted by atomic mass is 10.2. The molecule has 6 heteroatoms. The van der Waals surface area contributed by atoms with Crippen LogP contribution in [0.15, 0.2) is 51.8 Å². The fourth-order valence-electron chi connectivity index (χ4n) is 1.68. The zero-order valence-corrected chi connectivity index (χ0v) is 13.9. The van der Waals surface area contributed by atoms with Crippen LogP contribution in [0.1, 0.15) is 12.5 Å². The number of halogens is 2. The molecule has 0 saturated carbocycles. The van der Waals surface area contributed by atoms with Crippen molar-refractivity contribution in [2.45, 2.75) is 18.2 Å². The minimum absolute atomic E-state index is 0.216. The zero-order valence-electron chi connectivity index (χ0n) is 10.7. The van der Waals surface area contributed by atoms with Gasteiger partial charge >= 0.3 is 0 Å². The van der Waals surface area contributed by atoms with Gasteiger partial charge in [0.25, 0.3) is 10.0 Å². The number of nitrogens with one attached hydrogen (secondary N) is 1. The van der Waals surface area contributed by atoms with E-state index in [1.54, 1.807) is 42.5 Å². The third-order valence-electron chi connectivity index (χ3n) is 2.82. The first-order chi connectivity index (χ1) is 9.42. The predicted molar refractivity (Wildman–Crippen MR) is 85.8 cm³/mol. The fraction of sp³-hybridized carbons (Fsp3) is 0.143. The van der Waals surface area contributed by atoms with E-state index in [-0.39, 0.29) is 4.90 Å². The summed E-state index contributed by atoms with van der Waals surface area (Å²) in [7, 11) is -3.62. The lowest BCUT2D eigenvalue weighted by molar-refractivity contribution is 0.601. The molecule has 0 heterocycles. The topological polar surface area (TPSA) is 46.2 Å². The molecule has 2 rings (SSSR count). The van der Waals surface area contributed by atoms with Crippen molar-refractivity contribution in [2.24, 2.45) is 0 Å². The smallest absolute Gasteiger partial charge is 0.261 e. The van der Waals surface area contributed by atoms with Crippen LogP contribution in [0.3, 0.4) is 0 Å². The number of hydrogen-bond acceptors (Lipinski definition) is 2. The Morgan fingerprint density at radius 1 is 1.15 bits per heavy atom. The molecule has 0 aliphatic heterocycles. The number of anilines is 1.